The van der Waals surface area contributed by atoms with Gasteiger partial charge in [-0.15, -0.1) is 0 Å². The molecule has 1 fully saturated rings. The SMILES string of the molecule is COC[C@H]1C[C@H]2C(=O)N(C)C(N)=N[C@@]2(c2cc(Br)ccc2F)CO1. The Bertz CT molecular complexity index is 699. The third kappa shape index (κ3) is 2.72. The maximum absolute atomic E-state index is 14.6. The van der Waals surface area contributed by atoms with E-state index in [-0.39, 0.29) is 24.6 Å². The van der Waals surface area contributed by atoms with Crippen molar-refractivity contribution in [3.63, 3.8) is 0 Å². The molecule has 8 heteroatoms. The molecule has 0 aromatic heterocycles. The second-order valence-electron chi connectivity index (χ2n) is 6.09. The molecule has 0 bridgehead atoms. The maximum Gasteiger partial charge on any atom is 0.235 e. The summed E-state index contributed by atoms with van der Waals surface area (Å²) in [5.74, 6) is -1.13. The van der Waals surface area contributed by atoms with E-state index >= 15 is 0 Å². The number of hydrogen-bond acceptors (Lipinski definition) is 5. The molecule has 0 unspecified atom stereocenters. The third-order valence-corrected chi connectivity index (χ3v) is 5.14. The van der Waals surface area contributed by atoms with E-state index in [0.717, 1.165) is 0 Å². The first-order valence-corrected chi connectivity index (χ1v) is 8.37. The predicted molar refractivity (Wildman–Crippen MR) is 89.9 cm³/mol. The number of ether oxygens (including phenoxy) is 2. The van der Waals surface area contributed by atoms with Crippen LogP contribution in [0.4, 0.5) is 4.39 Å². The van der Waals surface area contributed by atoms with E-state index in [1.165, 1.54) is 11.0 Å². The molecule has 0 saturated carbocycles. The first-order chi connectivity index (χ1) is 11.4. The Labute approximate surface area is 147 Å². The molecule has 6 nitrogen and oxygen atoms in total. The molecule has 2 N–H and O–H groups in total. The van der Waals surface area contributed by atoms with Gasteiger partial charge in [-0.3, -0.25) is 9.69 Å². The zero-order valence-corrected chi connectivity index (χ0v) is 15.0. The lowest BCUT2D eigenvalue weighted by molar-refractivity contribution is -0.148. The minimum atomic E-state index is -1.16. The molecule has 1 amide bonds. The van der Waals surface area contributed by atoms with Crippen LogP contribution in [0, 0.1) is 11.7 Å². The van der Waals surface area contributed by atoms with Crippen LogP contribution in [0.5, 0.6) is 0 Å². The summed E-state index contributed by atoms with van der Waals surface area (Å²) in [6, 6.07) is 4.59. The van der Waals surface area contributed by atoms with Crippen LogP contribution >= 0.6 is 15.9 Å². The van der Waals surface area contributed by atoms with E-state index in [1.54, 1.807) is 26.3 Å². The van der Waals surface area contributed by atoms with Gasteiger partial charge in [-0.2, -0.15) is 0 Å². The Morgan fingerprint density at radius 3 is 3.04 bits per heavy atom. The quantitative estimate of drug-likeness (QED) is 0.837. The lowest BCUT2D eigenvalue weighted by Crippen LogP contribution is -2.60. The number of aliphatic imine (C=N–C) groups is 1. The van der Waals surface area contributed by atoms with Gasteiger partial charge in [0.15, 0.2) is 5.96 Å². The number of fused-ring (bicyclic) bond motifs is 1. The highest BCUT2D eigenvalue weighted by atomic mass is 79.9. The van der Waals surface area contributed by atoms with Gasteiger partial charge in [0.1, 0.15) is 11.4 Å². The van der Waals surface area contributed by atoms with Gasteiger partial charge in [0.05, 0.1) is 25.2 Å². The zero-order valence-electron chi connectivity index (χ0n) is 13.5. The van der Waals surface area contributed by atoms with Crippen LogP contribution in [-0.4, -0.2) is 50.2 Å². The molecule has 1 saturated heterocycles. The average Bonchev–Trinajstić information content (AvgIpc) is 2.56. The highest BCUT2D eigenvalue weighted by Gasteiger charge is 2.54. The van der Waals surface area contributed by atoms with Crippen LogP contribution in [0.15, 0.2) is 27.7 Å². The fraction of sp³-hybridized carbons (Fsp3) is 0.500. The van der Waals surface area contributed by atoms with E-state index < -0.39 is 17.3 Å². The number of carbonyl (C=O) groups is 1. The molecule has 0 spiro atoms. The molecule has 2 heterocycles. The van der Waals surface area contributed by atoms with Crippen molar-refractivity contribution in [1.82, 2.24) is 4.90 Å². The van der Waals surface area contributed by atoms with E-state index in [9.17, 15) is 9.18 Å². The summed E-state index contributed by atoms with van der Waals surface area (Å²) in [6.07, 6.45) is 0.148. The van der Waals surface area contributed by atoms with Gasteiger partial charge in [0.25, 0.3) is 0 Å². The number of carbonyl (C=O) groups excluding carboxylic acids is 1. The van der Waals surface area contributed by atoms with Crippen LogP contribution in [-0.2, 0) is 19.8 Å². The van der Waals surface area contributed by atoms with Crippen LogP contribution in [0.1, 0.15) is 12.0 Å². The summed E-state index contributed by atoms with van der Waals surface area (Å²) in [5, 5.41) is 0. The standard InChI is InChI=1S/C16H19BrFN3O3/c1-21-14(22)12-6-10(7-23-2)24-8-16(12,20-15(21)19)11-5-9(17)3-4-13(11)18/h3-5,10,12H,6-8H2,1-2H3,(H2,19,20)/t10-,12+,16-/m1/s1. The van der Waals surface area contributed by atoms with Gasteiger partial charge < -0.3 is 15.2 Å². The molecule has 1 aromatic carbocycles. The van der Waals surface area contributed by atoms with E-state index in [0.29, 0.717) is 23.1 Å². The monoisotopic (exact) mass is 399 g/mol. The summed E-state index contributed by atoms with van der Waals surface area (Å²) in [7, 11) is 3.15. The van der Waals surface area contributed by atoms with E-state index in [4.69, 9.17) is 15.2 Å². The Hall–Kier alpha value is -1.51. The van der Waals surface area contributed by atoms with Crippen molar-refractivity contribution in [3.05, 3.63) is 34.1 Å². The number of hydrogen-bond donors (Lipinski definition) is 1. The van der Waals surface area contributed by atoms with Crippen molar-refractivity contribution in [2.24, 2.45) is 16.6 Å². The van der Waals surface area contributed by atoms with E-state index in [2.05, 4.69) is 20.9 Å². The number of amides is 1. The summed E-state index contributed by atoms with van der Waals surface area (Å²) < 4.78 is 26.2. The zero-order chi connectivity index (χ0) is 17.5. The number of halogens is 2. The number of guanidine groups is 1. The van der Waals surface area contributed by atoms with Crippen molar-refractivity contribution in [2.45, 2.75) is 18.1 Å². The Morgan fingerprint density at radius 2 is 2.33 bits per heavy atom. The molecular weight excluding hydrogens is 381 g/mol. The summed E-state index contributed by atoms with van der Waals surface area (Å²) in [4.78, 5) is 18.6. The van der Waals surface area contributed by atoms with Crippen LogP contribution in [0.3, 0.4) is 0 Å². The minimum absolute atomic E-state index is 0.0596. The molecule has 2 aliphatic heterocycles. The lowest BCUT2D eigenvalue weighted by atomic mass is 9.72. The number of benzene rings is 1. The van der Waals surface area contributed by atoms with Crippen LogP contribution < -0.4 is 5.73 Å². The molecule has 1 aromatic rings. The van der Waals surface area contributed by atoms with Crippen molar-refractivity contribution in [2.75, 3.05) is 27.4 Å². The van der Waals surface area contributed by atoms with Gasteiger partial charge in [-0.05, 0) is 24.6 Å². The molecule has 24 heavy (non-hydrogen) atoms. The van der Waals surface area contributed by atoms with Gasteiger partial charge >= 0.3 is 0 Å². The van der Waals surface area contributed by atoms with E-state index in [1.807, 2.05) is 0 Å². The Kier molecular flexibility index (Phi) is 4.63. The smallest absolute Gasteiger partial charge is 0.235 e. The molecule has 2 aliphatic rings. The van der Waals surface area contributed by atoms with Crippen molar-refractivity contribution in [1.29, 1.82) is 0 Å². The number of nitrogens with zero attached hydrogens (tertiary/aromatic N) is 2. The first kappa shape index (κ1) is 17.3. The maximum atomic E-state index is 14.6. The molecule has 3 atom stereocenters. The summed E-state index contributed by atoms with van der Waals surface area (Å²) >= 11 is 3.35. The average molecular weight is 400 g/mol. The fourth-order valence-electron chi connectivity index (χ4n) is 3.37. The lowest BCUT2D eigenvalue weighted by Gasteiger charge is -2.47. The molecule has 0 aliphatic carbocycles. The van der Waals surface area contributed by atoms with Gasteiger partial charge in [0.2, 0.25) is 5.91 Å². The summed E-state index contributed by atoms with van der Waals surface area (Å²) in [5.41, 5.74) is 5.07. The van der Waals surface area contributed by atoms with Crippen molar-refractivity contribution in [3.8, 4) is 0 Å². The Morgan fingerprint density at radius 1 is 1.58 bits per heavy atom. The normalized spacial score (nSPS) is 30.1. The molecule has 130 valence electrons. The van der Waals surface area contributed by atoms with Crippen molar-refractivity contribution >= 4 is 27.8 Å². The topological polar surface area (TPSA) is 77.2 Å². The highest BCUT2D eigenvalue weighted by molar-refractivity contribution is 9.10. The number of methoxy groups -OCH3 is 1. The summed E-state index contributed by atoms with van der Waals surface area (Å²) in [6.45, 7) is 0.434. The van der Waals surface area contributed by atoms with Crippen LogP contribution in [0.2, 0.25) is 0 Å². The molecule has 0 radical (unpaired) electrons. The molecule has 3 rings (SSSR count). The molecular formula is C16H19BrFN3O3. The fourth-order valence-corrected chi connectivity index (χ4v) is 3.73. The highest BCUT2D eigenvalue weighted by Crippen LogP contribution is 2.45. The minimum Gasteiger partial charge on any atom is -0.382 e. The van der Waals surface area contributed by atoms with Crippen LogP contribution in [0.25, 0.3) is 0 Å². The van der Waals surface area contributed by atoms with Gasteiger partial charge in [0, 0.05) is 24.2 Å². The number of rotatable bonds is 3. The van der Waals surface area contributed by atoms with Gasteiger partial charge in [-0.1, -0.05) is 15.9 Å². The first-order valence-electron chi connectivity index (χ1n) is 7.58. The Balaban J connectivity index is 2.13. The van der Waals surface area contributed by atoms with Gasteiger partial charge in [-0.25, -0.2) is 9.38 Å². The number of nitrogens with two attached hydrogens (primary N) is 1. The largest absolute Gasteiger partial charge is 0.382 e. The van der Waals surface area contributed by atoms with Crippen molar-refractivity contribution < 1.29 is 18.7 Å². The predicted octanol–water partition coefficient (Wildman–Crippen LogP) is 1.62. The third-order valence-electron chi connectivity index (χ3n) is 4.65. The second-order valence-corrected chi connectivity index (χ2v) is 7.01. The second kappa shape index (κ2) is 6.42.